The van der Waals surface area contributed by atoms with Crippen LogP contribution in [0, 0.1) is 0 Å². The first-order chi connectivity index (χ1) is 9.26. The normalized spacial score (nSPS) is 27.9. The fourth-order valence-electron chi connectivity index (χ4n) is 2.74. The van der Waals surface area contributed by atoms with Crippen LogP contribution in [0.3, 0.4) is 0 Å². The molecule has 0 aromatic carbocycles. The predicted octanol–water partition coefficient (Wildman–Crippen LogP) is 2.23. The van der Waals surface area contributed by atoms with Gasteiger partial charge in [-0.25, -0.2) is 4.79 Å². The van der Waals surface area contributed by atoms with Gasteiger partial charge in [0, 0.05) is 32.1 Å². The maximum Gasteiger partial charge on any atom is 0.410 e. The second kappa shape index (κ2) is 5.80. The molecule has 2 fully saturated rings. The molecule has 2 rings (SSSR count). The zero-order valence-corrected chi connectivity index (χ0v) is 13.2. The van der Waals surface area contributed by atoms with E-state index in [-0.39, 0.29) is 23.4 Å². The van der Waals surface area contributed by atoms with Gasteiger partial charge in [0.05, 0.1) is 5.38 Å². The second-order valence-corrected chi connectivity index (χ2v) is 7.19. The zero-order chi connectivity index (χ0) is 14.9. The van der Waals surface area contributed by atoms with Crippen LogP contribution in [0.2, 0.25) is 0 Å². The van der Waals surface area contributed by atoms with Gasteiger partial charge in [0.2, 0.25) is 5.91 Å². The minimum atomic E-state index is -0.491. The van der Waals surface area contributed by atoms with E-state index in [2.05, 4.69) is 0 Å². The summed E-state index contributed by atoms with van der Waals surface area (Å²) in [4.78, 5) is 27.5. The number of hydrogen-bond donors (Lipinski definition) is 0. The van der Waals surface area contributed by atoms with Crippen LogP contribution in [0.1, 0.15) is 40.0 Å². The van der Waals surface area contributed by atoms with E-state index in [0.29, 0.717) is 26.1 Å². The SMILES string of the molecule is CC(C)(C)OC(=O)N1CCCC(N2CC(Cl)CC2=O)C1. The summed E-state index contributed by atoms with van der Waals surface area (Å²) in [6.45, 7) is 7.40. The number of halogens is 1. The van der Waals surface area contributed by atoms with Crippen molar-refractivity contribution >= 4 is 23.6 Å². The largest absolute Gasteiger partial charge is 0.444 e. The van der Waals surface area contributed by atoms with Crippen molar-refractivity contribution in [2.24, 2.45) is 0 Å². The number of alkyl halides is 1. The van der Waals surface area contributed by atoms with Crippen molar-refractivity contribution in [1.82, 2.24) is 9.80 Å². The van der Waals surface area contributed by atoms with Crippen molar-refractivity contribution in [2.75, 3.05) is 19.6 Å². The summed E-state index contributed by atoms with van der Waals surface area (Å²) in [6.07, 6.45) is 1.93. The van der Waals surface area contributed by atoms with Gasteiger partial charge in [-0.05, 0) is 33.6 Å². The lowest BCUT2D eigenvalue weighted by molar-refractivity contribution is -0.130. The maximum atomic E-state index is 12.1. The Kier molecular flexibility index (Phi) is 4.47. The third-order valence-corrected chi connectivity index (χ3v) is 3.89. The molecule has 2 atom stereocenters. The molecule has 2 heterocycles. The first-order valence-corrected chi connectivity index (χ1v) is 7.61. The predicted molar refractivity (Wildman–Crippen MR) is 76.8 cm³/mol. The van der Waals surface area contributed by atoms with E-state index in [1.54, 1.807) is 4.90 Å². The monoisotopic (exact) mass is 302 g/mol. The first kappa shape index (κ1) is 15.4. The molecule has 114 valence electrons. The average Bonchev–Trinajstić information content (AvgIpc) is 2.66. The molecule has 2 aliphatic rings. The average molecular weight is 303 g/mol. The quantitative estimate of drug-likeness (QED) is 0.698. The van der Waals surface area contributed by atoms with Crippen LogP contribution in [0.15, 0.2) is 0 Å². The molecule has 0 aromatic rings. The summed E-state index contributed by atoms with van der Waals surface area (Å²) in [6, 6.07) is 0.0764. The van der Waals surface area contributed by atoms with Gasteiger partial charge in [-0.3, -0.25) is 4.79 Å². The highest BCUT2D eigenvalue weighted by Gasteiger charge is 2.37. The molecule has 5 nitrogen and oxygen atoms in total. The molecule has 0 N–H and O–H groups in total. The third-order valence-electron chi connectivity index (χ3n) is 3.60. The summed E-state index contributed by atoms with van der Waals surface area (Å²) in [5.41, 5.74) is -0.491. The van der Waals surface area contributed by atoms with E-state index in [0.717, 1.165) is 12.8 Å². The molecule has 2 amide bonds. The number of likely N-dealkylation sites (tertiary alicyclic amines) is 2. The van der Waals surface area contributed by atoms with Crippen LogP contribution in [0.4, 0.5) is 4.79 Å². The maximum absolute atomic E-state index is 12.1. The van der Waals surface area contributed by atoms with E-state index in [4.69, 9.17) is 16.3 Å². The van der Waals surface area contributed by atoms with Crippen LogP contribution >= 0.6 is 11.6 Å². The van der Waals surface area contributed by atoms with Crippen LogP contribution in [0.25, 0.3) is 0 Å². The topological polar surface area (TPSA) is 49.9 Å². The minimum absolute atomic E-state index is 0.0764. The Bertz CT molecular complexity index is 394. The first-order valence-electron chi connectivity index (χ1n) is 7.18. The molecule has 2 aliphatic heterocycles. The lowest BCUT2D eigenvalue weighted by Crippen LogP contribution is -2.51. The Hall–Kier alpha value is -0.970. The molecule has 0 radical (unpaired) electrons. The molecule has 2 unspecified atom stereocenters. The van der Waals surface area contributed by atoms with Crippen molar-refractivity contribution in [1.29, 1.82) is 0 Å². The molecule has 0 saturated carbocycles. The molecule has 0 bridgehead atoms. The van der Waals surface area contributed by atoms with Gasteiger partial charge in [0.1, 0.15) is 5.60 Å². The Morgan fingerprint density at radius 1 is 1.35 bits per heavy atom. The van der Waals surface area contributed by atoms with Crippen molar-refractivity contribution in [3.8, 4) is 0 Å². The molecule has 20 heavy (non-hydrogen) atoms. The summed E-state index contributed by atoms with van der Waals surface area (Å²) < 4.78 is 5.39. The van der Waals surface area contributed by atoms with Crippen molar-refractivity contribution in [3.05, 3.63) is 0 Å². The number of nitrogens with zero attached hydrogens (tertiary/aromatic N) is 2. The number of carbonyl (C=O) groups excluding carboxylic acids is 2. The Morgan fingerprint density at radius 3 is 2.60 bits per heavy atom. The van der Waals surface area contributed by atoms with Gasteiger partial charge < -0.3 is 14.5 Å². The molecular formula is C14H23ClN2O3. The van der Waals surface area contributed by atoms with E-state index >= 15 is 0 Å². The molecule has 0 spiro atoms. The number of rotatable bonds is 1. The highest BCUT2D eigenvalue weighted by Crippen LogP contribution is 2.25. The van der Waals surface area contributed by atoms with Gasteiger partial charge in [0.15, 0.2) is 0 Å². The second-order valence-electron chi connectivity index (χ2n) is 6.57. The Morgan fingerprint density at radius 2 is 2.05 bits per heavy atom. The summed E-state index contributed by atoms with van der Waals surface area (Å²) in [7, 11) is 0. The van der Waals surface area contributed by atoms with Crippen molar-refractivity contribution in [2.45, 2.75) is 57.1 Å². The summed E-state index contributed by atoms with van der Waals surface area (Å²) in [5.74, 6) is 0.0982. The van der Waals surface area contributed by atoms with Gasteiger partial charge in [0.25, 0.3) is 0 Å². The van der Waals surface area contributed by atoms with Crippen LogP contribution < -0.4 is 0 Å². The molecule has 6 heteroatoms. The number of ether oxygens (including phenoxy) is 1. The standard InChI is InChI=1S/C14H23ClN2O3/c1-14(2,3)20-13(19)16-6-4-5-11(9-16)17-8-10(15)7-12(17)18/h10-11H,4-9H2,1-3H3. The highest BCUT2D eigenvalue weighted by atomic mass is 35.5. The Labute approximate surface area is 125 Å². The minimum Gasteiger partial charge on any atom is -0.444 e. The number of carbonyl (C=O) groups is 2. The smallest absolute Gasteiger partial charge is 0.410 e. The van der Waals surface area contributed by atoms with Crippen LogP contribution in [-0.4, -0.2) is 58.5 Å². The van der Waals surface area contributed by atoms with Gasteiger partial charge in [-0.15, -0.1) is 11.6 Å². The molecule has 0 aromatic heterocycles. The van der Waals surface area contributed by atoms with E-state index < -0.39 is 5.60 Å². The van der Waals surface area contributed by atoms with Crippen molar-refractivity contribution < 1.29 is 14.3 Å². The van der Waals surface area contributed by atoms with Crippen LogP contribution in [0.5, 0.6) is 0 Å². The number of piperidine rings is 1. The molecule has 2 saturated heterocycles. The van der Waals surface area contributed by atoms with Gasteiger partial charge >= 0.3 is 6.09 Å². The molecule has 0 aliphatic carbocycles. The third kappa shape index (κ3) is 3.78. The van der Waals surface area contributed by atoms with Gasteiger partial charge in [-0.2, -0.15) is 0 Å². The fraction of sp³-hybridized carbons (Fsp3) is 0.857. The van der Waals surface area contributed by atoms with Crippen LogP contribution in [-0.2, 0) is 9.53 Å². The number of amides is 2. The van der Waals surface area contributed by atoms with E-state index in [1.165, 1.54) is 0 Å². The van der Waals surface area contributed by atoms with Crippen molar-refractivity contribution in [3.63, 3.8) is 0 Å². The number of hydrogen-bond acceptors (Lipinski definition) is 3. The lowest BCUT2D eigenvalue weighted by Gasteiger charge is -2.38. The summed E-state index contributed by atoms with van der Waals surface area (Å²) >= 11 is 6.04. The Balaban J connectivity index is 1.95. The highest BCUT2D eigenvalue weighted by molar-refractivity contribution is 6.22. The zero-order valence-electron chi connectivity index (χ0n) is 12.4. The van der Waals surface area contributed by atoms with E-state index in [1.807, 2.05) is 25.7 Å². The lowest BCUT2D eigenvalue weighted by atomic mass is 10.0. The van der Waals surface area contributed by atoms with Gasteiger partial charge in [-0.1, -0.05) is 0 Å². The molecular weight excluding hydrogens is 280 g/mol. The fourth-order valence-corrected chi connectivity index (χ4v) is 3.02. The summed E-state index contributed by atoms with van der Waals surface area (Å²) in [5, 5.41) is -0.0978. The van der Waals surface area contributed by atoms with E-state index in [9.17, 15) is 9.59 Å².